The molecule has 1 aromatic carbocycles. The molecule has 0 bridgehead atoms. The first-order chi connectivity index (χ1) is 9.69. The van der Waals surface area contributed by atoms with E-state index in [-0.39, 0.29) is 11.9 Å². The van der Waals surface area contributed by atoms with Gasteiger partial charge in [0.15, 0.2) is 0 Å². The predicted octanol–water partition coefficient (Wildman–Crippen LogP) is 4.34. The first kappa shape index (κ1) is 14.5. The molecule has 0 spiro atoms. The first-order valence-corrected chi connectivity index (χ1v) is 7.65. The lowest BCUT2D eigenvalue weighted by atomic mass is 10.0. The quantitative estimate of drug-likeness (QED) is 0.814. The van der Waals surface area contributed by atoms with Gasteiger partial charge in [-0.1, -0.05) is 42.8 Å². The van der Waals surface area contributed by atoms with Crippen LogP contribution in [-0.4, -0.2) is 5.91 Å². The van der Waals surface area contributed by atoms with Gasteiger partial charge >= 0.3 is 0 Å². The summed E-state index contributed by atoms with van der Waals surface area (Å²) in [6.45, 7) is 4.14. The summed E-state index contributed by atoms with van der Waals surface area (Å²) in [5.41, 5.74) is 2.38. The third kappa shape index (κ3) is 4.07. The fraction of sp³-hybridized carbons (Fsp3) is 0.235. The van der Waals surface area contributed by atoms with Gasteiger partial charge in [0.05, 0.1) is 6.04 Å². The number of aryl methyl sites for hydroxylation is 1. The Balaban J connectivity index is 1.99. The minimum absolute atomic E-state index is 0.0502. The molecule has 104 valence electrons. The summed E-state index contributed by atoms with van der Waals surface area (Å²) < 4.78 is 0. The molecule has 0 saturated heterocycles. The van der Waals surface area contributed by atoms with Crippen LogP contribution in [0.4, 0.5) is 0 Å². The fourth-order valence-corrected chi connectivity index (χ4v) is 2.60. The number of hydrogen-bond donors (Lipinski definition) is 1. The molecular formula is C17H19NOS. The second kappa shape index (κ2) is 7.06. The van der Waals surface area contributed by atoms with Crippen molar-refractivity contribution in [3.8, 4) is 0 Å². The molecule has 1 amide bonds. The van der Waals surface area contributed by atoms with Crippen molar-refractivity contribution in [2.75, 3.05) is 0 Å². The highest BCUT2D eigenvalue weighted by atomic mass is 32.1. The summed E-state index contributed by atoms with van der Waals surface area (Å²) in [5, 5.41) is 5.04. The molecule has 1 atom stereocenters. The number of nitrogens with one attached hydrogen (secondary N) is 1. The summed E-state index contributed by atoms with van der Waals surface area (Å²) in [6.07, 6.45) is 4.33. The number of thiophene rings is 1. The van der Waals surface area contributed by atoms with Gasteiger partial charge in [-0.25, -0.2) is 0 Å². The number of carbonyl (C=O) groups is 1. The van der Waals surface area contributed by atoms with E-state index in [9.17, 15) is 4.79 Å². The van der Waals surface area contributed by atoms with Gasteiger partial charge in [-0.3, -0.25) is 4.79 Å². The molecule has 1 heterocycles. The van der Waals surface area contributed by atoms with Crippen molar-refractivity contribution in [2.45, 2.75) is 26.3 Å². The first-order valence-electron chi connectivity index (χ1n) is 6.77. The zero-order valence-electron chi connectivity index (χ0n) is 11.8. The molecule has 1 aromatic heterocycles. The highest BCUT2D eigenvalue weighted by Gasteiger charge is 2.10. The van der Waals surface area contributed by atoms with Crippen LogP contribution in [0.2, 0.25) is 0 Å². The van der Waals surface area contributed by atoms with E-state index in [1.165, 1.54) is 5.56 Å². The van der Waals surface area contributed by atoms with E-state index >= 15 is 0 Å². The van der Waals surface area contributed by atoms with Crippen LogP contribution < -0.4 is 5.32 Å². The Morgan fingerprint density at radius 1 is 1.30 bits per heavy atom. The van der Waals surface area contributed by atoms with E-state index in [0.29, 0.717) is 0 Å². The Kier molecular flexibility index (Phi) is 5.13. The molecule has 0 aliphatic carbocycles. The van der Waals surface area contributed by atoms with Crippen LogP contribution >= 0.6 is 11.3 Å². The standard InChI is InChI=1S/C17H19NOS/c1-3-16(14-8-6-13(2)7-9-14)18-17(19)11-10-15-5-4-12-20-15/h4-12,16H,3H2,1-2H3,(H,18,19)/b11-10+/t16-/m1/s1. The van der Waals surface area contributed by atoms with E-state index in [2.05, 4.69) is 43.4 Å². The lowest BCUT2D eigenvalue weighted by Crippen LogP contribution is -2.26. The van der Waals surface area contributed by atoms with Gasteiger partial charge in [-0.05, 0) is 36.4 Å². The Morgan fingerprint density at radius 2 is 2.05 bits per heavy atom. The summed E-state index contributed by atoms with van der Waals surface area (Å²) in [7, 11) is 0. The fourth-order valence-electron chi connectivity index (χ4n) is 1.98. The third-order valence-corrected chi connectivity index (χ3v) is 3.98. The van der Waals surface area contributed by atoms with Crippen LogP contribution in [-0.2, 0) is 4.79 Å². The second-order valence-corrected chi connectivity index (χ2v) is 5.71. The van der Waals surface area contributed by atoms with E-state index in [1.807, 2.05) is 23.6 Å². The van der Waals surface area contributed by atoms with E-state index in [4.69, 9.17) is 0 Å². The average Bonchev–Trinajstić information content (AvgIpc) is 2.97. The van der Waals surface area contributed by atoms with Crippen molar-refractivity contribution < 1.29 is 4.79 Å². The van der Waals surface area contributed by atoms with Gasteiger partial charge in [0.1, 0.15) is 0 Å². The minimum Gasteiger partial charge on any atom is -0.346 e. The number of hydrogen-bond acceptors (Lipinski definition) is 2. The van der Waals surface area contributed by atoms with Gasteiger partial charge in [0.2, 0.25) is 5.91 Å². The smallest absolute Gasteiger partial charge is 0.244 e. The SMILES string of the molecule is CC[C@@H](NC(=O)/C=C/c1cccs1)c1ccc(C)cc1. The molecule has 2 aromatic rings. The van der Waals surface area contributed by atoms with Crippen LogP contribution in [0.15, 0.2) is 47.9 Å². The van der Waals surface area contributed by atoms with Gasteiger partial charge in [0.25, 0.3) is 0 Å². The molecule has 2 nitrogen and oxygen atoms in total. The van der Waals surface area contributed by atoms with Crippen LogP contribution in [0.3, 0.4) is 0 Å². The van der Waals surface area contributed by atoms with Crippen molar-refractivity contribution >= 4 is 23.3 Å². The summed E-state index contributed by atoms with van der Waals surface area (Å²) >= 11 is 1.62. The highest BCUT2D eigenvalue weighted by molar-refractivity contribution is 7.10. The topological polar surface area (TPSA) is 29.1 Å². The van der Waals surface area contributed by atoms with Crippen LogP contribution in [0.5, 0.6) is 0 Å². The number of carbonyl (C=O) groups excluding carboxylic acids is 1. The normalized spacial score (nSPS) is 12.5. The largest absolute Gasteiger partial charge is 0.346 e. The lowest BCUT2D eigenvalue weighted by molar-refractivity contribution is -0.117. The summed E-state index contributed by atoms with van der Waals surface area (Å²) in [4.78, 5) is 13.0. The van der Waals surface area contributed by atoms with Gasteiger partial charge in [-0.2, -0.15) is 0 Å². The minimum atomic E-state index is -0.0502. The summed E-state index contributed by atoms with van der Waals surface area (Å²) in [5.74, 6) is -0.0502. The van der Waals surface area contributed by atoms with Gasteiger partial charge in [0, 0.05) is 11.0 Å². The number of amides is 1. The Labute approximate surface area is 124 Å². The lowest BCUT2D eigenvalue weighted by Gasteiger charge is -2.16. The molecule has 2 rings (SSSR count). The van der Waals surface area contributed by atoms with Crippen LogP contribution in [0.25, 0.3) is 6.08 Å². The second-order valence-electron chi connectivity index (χ2n) is 4.73. The molecule has 20 heavy (non-hydrogen) atoms. The molecule has 0 aliphatic heterocycles. The maximum atomic E-state index is 12.0. The Morgan fingerprint density at radius 3 is 2.65 bits per heavy atom. The summed E-state index contributed by atoms with van der Waals surface area (Å²) in [6, 6.07) is 12.3. The molecule has 0 fully saturated rings. The van der Waals surface area contributed by atoms with E-state index < -0.39 is 0 Å². The molecule has 0 saturated carbocycles. The highest BCUT2D eigenvalue weighted by Crippen LogP contribution is 2.17. The zero-order chi connectivity index (χ0) is 14.4. The van der Waals surface area contributed by atoms with Crippen molar-refractivity contribution in [1.29, 1.82) is 0 Å². The number of benzene rings is 1. The Hall–Kier alpha value is -1.87. The monoisotopic (exact) mass is 285 g/mol. The predicted molar refractivity (Wildman–Crippen MR) is 85.7 cm³/mol. The zero-order valence-corrected chi connectivity index (χ0v) is 12.6. The average molecular weight is 285 g/mol. The molecule has 3 heteroatoms. The van der Waals surface area contributed by atoms with Gasteiger partial charge in [-0.15, -0.1) is 11.3 Å². The Bertz CT molecular complexity index is 570. The molecule has 0 aliphatic rings. The molecule has 0 radical (unpaired) electrons. The van der Waals surface area contributed by atoms with E-state index in [1.54, 1.807) is 17.4 Å². The maximum absolute atomic E-state index is 12.0. The van der Waals surface area contributed by atoms with E-state index in [0.717, 1.165) is 16.9 Å². The maximum Gasteiger partial charge on any atom is 0.244 e. The third-order valence-electron chi connectivity index (χ3n) is 3.15. The van der Waals surface area contributed by atoms with Crippen LogP contribution in [0, 0.1) is 6.92 Å². The van der Waals surface area contributed by atoms with Crippen molar-refractivity contribution in [3.05, 3.63) is 63.9 Å². The number of rotatable bonds is 5. The molecule has 1 N–H and O–H groups in total. The van der Waals surface area contributed by atoms with Crippen molar-refractivity contribution in [1.82, 2.24) is 5.32 Å². The van der Waals surface area contributed by atoms with Gasteiger partial charge < -0.3 is 5.32 Å². The molecule has 0 unspecified atom stereocenters. The molecular weight excluding hydrogens is 266 g/mol. The van der Waals surface area contributed by atoms with Crippen molar-refractivity contribution in [3.63, 3.8) is 0 Å². The van der Waals surface area contributed by atoms with Crippen molar-refractivity contribution in [2.24, 2.45) is 0 Å². The van der Waals surface area contributed by atoms with Crippen LogP contribution in [0.1, 0.15) is 35.4 Å².